The number of carbonyl (C=O) groups excluding carboxylic acids is 4. The molecule has 2 atom stereocenters. The molecule has 9 rings (SSSR count). The number of halogens is 2. The van der Waals surface area contributed by atoms with Crippen molar-refractivity contribution in [1.82, 2.24) is 20.0 Å². The third-order valence-corrected chi connectivity index (χ3v) is 14.1. The summed E-state index contributed by atoms with van der Waals surface area (Å²) in [6, 6.07) is 17.6. The molecule has 0 aromatic heterocycles. The van der Waals surface area contributed by atoms with Gasteiger partial charge in [0.1, 0.15) is 17.9 Å². The summed E-state index contributed by atoms with van der Waals surface area (Å²) in [5.74, 6) is -1.87. The van der Waals surface area contributed by atoms with Gasteiger partial charge in [-0.25, -0.2) is 4.39 Å². The Kier molecular flexibility index (Phi) is 10.5. The Morgan fingerprint density at radius 1 is 0.831 bits per heavy atom. The molecule has 3 aromatic carbocycles. The summed E-state index contributed by atoms with van der Waals surface area (Å²) in [5.41, 5.74) is 4.32. The lowest BCUT2D eigenvalue weighted by Gasteiger charge is -2.43. The number of carbonyl (C=O) groups is 4. The molecule has 5 saturated heterocycles. The lowest BCUT2D eigenvalue weighted by molar-refractivity contribution is -0.139. The van der Waals surface area contributed by atoms with Crippen LogP contribution >= 0.6 is 11.6 Å². The molecule has 308 valence electrons. The molecule has 59 heavy (non-hydrogen) atoms. The highest BCUT2D eigenvalue weighted by Gasteiger charge is 2.45. The van der Waals surface area contributed by atoms with Gasteiger partial charge >= 0.3 is 0 Å². The number of imide groups is 1. The van der Waals surface area contributed by atoms with E-state index in [2.05, 4.69) is 31.0 Å². The molecule has 6 aliphatic heterocycles. The van der Waals surface area contributed by atoms with Gasteiger partial charge in [-0.05, 0) is 98.5 Å². The molecule has 1 spiro atoms. The van der Waals surface area contributed by atoms with E-state index in [9.17, 15) is 29.5 Å². The maximum absolute atomic E-state index is 15.7. The number of piperidine rings is 3. The van der Waals surface area contributed by atoms with Crippen molar-refractivity contribution in [2.45, 2.75) is 63.3 Å². The molecule has 4 amide bonds. The highest BCUT2D eigenvalue weighted by molar-refractivity contribution is 6.32. The maximum atomic E-state index is 15.7. The quantitative estimate of drug-likeness (QED) is 0.341. The summed E-state index contributed by atoms with van der Waals surface area (Å²) in [6.07, 6.45) is 3.83. The highest BCUT2D eigenvalue weighted by atomic mass is 35.5. The van der Waals surface area contributed by atoms with Gasteiger partial charge in [0.15, 0.2) is 6.23 Å². The number of anilines is 3. The zero-order chi connectivity index (χ0) is 41.0. The minimum Gasteiger partial charge on any atom is -0.371 e. The first-order valence-electron chi connectivity index (χ1n) is 20.8. The van der Waals surface area contributed by atoms with Crippen LogP contribution in [-0.2, 0) is 9.59 Å². The Bertz CT molecular complexity index is 2230. The molecule has 6 aliphatic rings. The van der Waals surface area contributed by atoms with Gasteiger partial charge in [0, 0.05) is 106 Å². The molecule has 13 nitrogen and oxygen atoms in total. The van der Waals surface area contributed by atoms with Crippen LogP contribution in [0.2, 0.25) is 5.02 Å². The molecule has 6 heterocycles. The molecule has 3 aromatic rings. The van der Waals surface area contributed by atoms with E-state index in [1.807, 2.05) is 29.2 Å². The van der Waals surface area contributed by atoms with E-state index >= 15 is 4.39 Å². The molecule has 5 fully saturated rings. The fourth-order valence-corrected chi connectivity index (χ4v) is 10.5. The normalized spacial score (nSPS) is 23.8. The number of hydrogen-bond donors (Lipinski definition) is 2. The zero-order valence-electron chi connectivity index (χ0n) is 32.9. The van der Waals surface area contributed by atoms with Crippen LogP contribution in [0.15, 0.2) is 54.6 Å². The second-order valence-corrected chi connectivity index (χ2v) is 17.4. The minimum atomic E-state index is -1.26. The molecule has 0 bridgehead atoms. The van der Waals surface area contributed by atoms with Crippen LogP contribution in [0.3, 0.4) is 0 Å². The van der Waals surface area contributed by atoms with E-state index in [0.29, 0.717) is 52.1 Å². The Labute approximate surface area is 347 Å². The van der Waals surface area contributed by atoms with Crippen LogP contribution in [-0.4, -0.2) is 121 Å². The van der Waals surface area contributed by atoms with Crippen molar-refractivity contribution in [3.8, 4) is 6.07 Å². The van der Waals surface area contributed by atoms with Gasteiger partial charge in [-0.1, -0.05) is 11.6 Å². The SMILES string of the molecule is N#Cc1ccc(N2CCC3(CCN(c4ccc(C(=O)N5CCN(C6CCN(c7ccc8c(c7)C(O)N(C7CCC(=O)NC7=O)C8=O)CC6)CC5)cc4F)CC3)C2)cc1Cl. The monoisotopic (exact) mass is 822 g/mol. The summed E-state index contributed by atoms with van der Waals surface area (Å²) < 4.78 is 15.7. The van der Waals surface area contributed by atoms with Crippen molar-refractivity contribution in [1.29, 1.82) is 5.26 Å². The fraction of sp³-hybridized carbons (Fsp3) is 0.477. The molecule has 0 radical (unpaired) electrons. The average molecular weight is 823 g/mol. The summed E-state index contributed by atoms with van der Waals surface area (Å²) >= 11 is 6.31. The number of fused-ring (bicyclic) bond motifs is 1. The number of nitriles is 1. The minimum absolute atomic E-state index is 0.116. The number of rotatable bonds is 6. The first-order chi connectivity index (χ1) is 28.5. The zero-order valence-corrected chi connectivity index (χ0v) is 33.7. The number of aliphatic hydroxyl groups excluding tert-OH is 1. The fourth-order valence-electron chi connectivity index (χ4n) is 10.3. The van der Waals surface area contributed by atoms with E-state index in [4.69, 9.17) is 11.6 Å². The topological polar surface area (TPSA) is 144 Å². The number of nitrogens with zero attached hydrogens (tertiary/aromatic N) is 7. The molecule has 2 unspecified atom stereocenters. The molecule has 0 saturated carbocycles. The first-order valence-corrected chi connectivity index (χ1v) is 21.1. The molecular weight excluding hydrogens is 775 g/mol. The van der Waals surface area contributed by atoms with Crippen molar-refractivity contribution in [2.24, 2.45) is 5.41 Å². The van der Waals surface area contributed by atoms with Gasteiger partial charge in [-0.2, -0.15) is 5.26 Å². The lowest BCUT2D eigenvalue weighted by atomic mass is 9.77. The molecule has 15 heteroatoms. The number of hydrogen-bond acceptors (Lipinski definition) is 10. The Morgan fingerprint density at radius 2 is 1.53 bits per heavy atom. The van der Waals surface area contributed by atoms with Crippen LogP contribution in [0.25, 0.3) is 0 Å². The van der Waals surface area contributed by atoms with E-state index in [0.717, 1.165) is 95.8 Å². The Morgan fingerprint density at radius 3 is 2.20 bits per heavy atom. The van der Waals surface area contributed by atoms with Crippen molar-refractivity contribution in [2.75, 3.05) is 80.1 Å². The summed E-state index contributed by atoms with van der Waals surface area (Å²) in [5, 5.41) is 23.1. The second kappa shape index (κ2) is 15.7. The van der Waals surface area contributed by atoms with Crippen LogP contribution < -0.4 is 20.0 Å². The predicted molar refractivity (Wildman–Crippen MR) is 220 cm³/mol. The number of benzene rings is 3. The van der Waals surface area contributed by atoms with Crippen LogP contribution in [0, 0.1) is 22.6 Å². The average Bonchev–Trinajstić information content (AvgIpc) is 3.78. The van der Waals surface area contributed by atoms with Crippen LogP contribution in [0.5, 0.6) is 0 Å². The van der Waals surface area contributed by atoms with Gasteiger partial charge < -0.3 is 24.7 Å². The van der Waals surface area contributed by atoms with Gasteiger partial charge in [0.2, 0.25) is 11.8 Å². The van der Waals surface area contributed by atoms with Gasteiger partial charge in [-0.3, -0.25) is 34.3 Å². The number of piperazine rings is 1. The van der Waals surface area contributed by atoms with E-state index in [-0.39, 0.29) is 35.9 Å². The van der Waals surface area contributed by atoms with Gasteiger partial charge in [0.25, 0.3) is 11.8 Å². The standard InChI is InChI=1S/C44H48ClFN8O5/c45-35-25-32(3-1-29(35)26-47)53-18-13-44(27-53)11-16-51(17-12-44)37-6-2-28(23-36(37)46)41(57)52-21-19-50(20-22-52)30-9-14-49(15-10-30)31-4-5-33-34(24-31)43(59)54(42(33)58)38-7-8-39(55)48-40(38)56/h1-6,23-25,30,38,43,59H,7-22,27H2,(H,48,55,56). The first kappa shape index (κ1) is 39.2. The number of nitrogens with one attached hydrogen (secondary N) is 1. The van der Waals surface area contributed by atoms with Crippen LogP contribution in [0.1, 0.15) is 83.0 Å². The molecule has 0 aliphatic carbocycles. The molecular formula is C44H48ClFN8O5. The van der Waals surface area contributed by atoms with Crippen molar-refractivity contribution < 1.29 is 28.7 Å². The van der Waals surface area contributed by atoms with E-state index < -0.39 is 24.1 Å². The second-order valence-electron chi connectivity index (χ2n) is 17.0. The summed E-state index contributed by atoms with van der Waals surface area (Å²) in [4.78, 5) is 63.1. The molecule has 2 N–H and O–H groups in total. The largest absolute Gasteiger partial charge is 0.371 e. The van der Waals surface area contributed by atoms with E-state index in [1.165, 1.54) is 11.0 Å². The smallest absolute Gasteiger partial charge is 0.257 e. The number of amides is 4. The lowest BCUT2D eigenvalue weighted by Crippen LogP contribution is -2.54. The Hall–Kier alpha value is -5.23. The van der Waals surface area contributed by atoms with Crippen molar-refractivity contribution in [3.05, 3.63) is 87.7 Å². The highest BCUT2D eigenvalue weighted by Crippen LogP contribution is 2.44. The van der Waals surface area contributed by atoms with Gasteiger partial charge in [0.05, 0.1) is 16.3 Å². The van der Waals surface area contributed by atoms with E-state index in [1.54, 1.807) is 24.3 Å². The van der Waals surface area contributed by atoms with Crippen LogP contribution in [0.4, 0.5) is 21.5 Å². The summed E-state index contributed by atoms with van der Waals surface area (Å²) in [7, 11) is 0. The third-order valence-electron chi connectivity index (χ3n) is 13.8. The summed E-state index contributed by atoms with van der Waals surface area (Å²) in [6.45, 7) is 7.53. The van der Waals surface area contributed by atoms with Crippen molar-refractivity contribution in [3.63, 3.8) is 0 Å². The number of aliphatic hydroxyl groups is 1. The van der Waals surface area contributed by atoms with Gasteiger partial charge in [-0.15, -0.1) is 0 Å². The predicted octanol–water partition coefficient (Wildman–Crippen LogP) is 4.53. The van der Waals surface area contributed by atoms with Crippen molar-refractivity contribution >= 4 is 52.3 Å². The Balaban J connectivity index is 0.743. The third kappa shape index (κ3) is 7.38. The maximum Gasteiger partial charge on any atom is 0.257 e.